The Morgan fingerprint density at radius 3 is 2.47 bits per heavy atom. The Morgan fingerprint density at radius 2 is 1.84 bits per heavy atom. The number of carbonyl (C=O) groups excluding carboxylic acids is 2. The molecule has 1 fully saturated rings. The lowest BCUT2D eigenvalue weighted by atomic mass is 10.1. The lowest BCUT2D eigenvalue weighted by molar-refractivity contribution is -0.132. The van der Waals surface area contributed by atoms with Crippen LogP contribution in [-0.4, -0.2) is 48.0 Å². The summed E-state index contributed by atoms with van der Waals surface area (Å²) in [7, 11) is 1.63. The molecule has 0 spiro atoms. The summed E-state index contributed by atoms with van der Waals surface area (Å²) < 4.78 is 7.29. The van der Waals surface area contributed by atoms with Gasteiger partial charge >= 0.3 is 0 Å². The molecule has 1 N–H and O–H groups in total. The van der Waals surface area contributed by atoms with E-state index in [4.69, 9.17) is 4.74 Å². The molecule has 7 heteroatoms. The highest BCUT2D eigenvalue weighted by atomic mass is 16.5. The van der Waals surface area contributed by atoms with E-state index in [-0.39, 0.29) is 24.4 Å². The maximum absolute atomic E-state index is 12.5. The Balaban J connectivity index is 1.68. The monoisotopic (exact) mass is 434 g/mol. The molecular weight excluding hydrogens is 404 g/mol. The standard InChI is InChI=1S/C25H30N4O3/c1-18-15-20(19(2)29(18)22-7-9-23(32-3)10-8-22)16-21(17-26)25(31)27-12-11-24(30)28-13-5-4-6-14-28/h7-10,15-16H,4-6,11-14H2,1-3H3,(H,27,31)/b21-16-. The van der Waals surface area contributed by atoms with Crippen LogP contribution < -0.4 is 10.1 Å². The van der Waals surface area contributed by atoms with Gasteiger partial charge in [-0.05, 0) is 75.1 Å². The van der Waals surface area contributed by atoms with E-state index in [0.29, 0.717) is 0 Å². The maximum Gasteiger partial charge on any atom is 0.261 e. The molecule has 0 atom stereocenters. The van der Waals surface area contributed by atoms with Crippen molar-refractivity contribution >= 4 is 17.9 Å². The van der Waals surface area contributed by atoms with Gasteiger partial charge in [-0.3, -0.25) is 9.59 Å². The number of amides is 2. The smallest absolute Gasteiger partial charge is 0.261 e. The largest absolute Gasteiger partial charge is 0.497 e. The van der Waals surface area contributed by atoms with Crippen LogP contribution in [0.2, 0.25) is 0 Å². The maximum atomic E-state index is 12.5. The van der Waals surface area contributed by atoms with Crippen molar-refractivity contribution < 1.29 is 14.3 Å². The molecule has 1 saturated heterocycles. The van der Waals surface area contributed by atoms with E-state index in [9.17, 15) is 14.9 Å². The Bertz CT molecular complexity index is 1040. The molecule has 2 amide bonds. The minimum atomic E-state index is -0.465. The van der Waals surface area contributed by atoms with Gasteiger partial charge < -0.3 is 19.5 Å². The number of methoxy groups -OCH3 is 1. The molecule has 32 heavy (non-hydrogen) atoms. The molecule has 7 nitrogen and oxygen atoms in total. The highest BCUT2D eigenvalue weighted by Crippen LogP contribution is 2.24. The van der Waals surface area contributed by atoms with E-state index < -0.39 is 5.91 Å². The number of aryl methyl sites for hydroxylation is 1. The van der Waals surface area contributed by atoms with Crippen LogP contribution in [0.3, 0.4) is 0 Å². The van der Waals surface area contributed by atoms with Crippen molar-refractivity contribution in [1.82, 2.24) is 14.8 Å². The highest BCUT2D eigenvalue weighted by molar-refractivity contribution is 6.02. The van der Waals surface area contributed by atoms with Gasteiger partial charge in [0.05, 0.1) is 7.11 Å². The van der Waals surface area contributed by atoms with Crippen LogP contribution in [0.1, 0.15) is 42.6 Å². The Kier molecular flexibility index (Phi) is 7.72. The first-order valence-electron chi connectivity index (χ1n) is 11.0. The molecule has 0 saturated carbocycles. The number of likely N-dealkylation sites (tertiary alicyclic amines) is 1. The summed E-state index contributed by atoms with van der Waals surface area (Å²) in [5, 5.41) is 12.2. The van der Waals surface area contributed by atoms with Gasteiger partial charge in [0.1, 0.15) is 17.4 Å². The van der Waals surface area contributed by atoms with Crippen molar-refractivity contribution in [3.63, 3.8) is 0 Å². The number of rotatable bonds is 7. The van der Waals surface area contributed by atoms with E-state index in [1.807, 2.05) is 55.1 Å². The van der Waals surface area contributed by atoms with Gasteiger partial charge in [0, 0.05) is 43.1 Å². The molecule has 0 radical (unpaired) electrons. The third kappa shape index (κ3) is 5.38. The number of aromatic nitrogens is 1. The normalized spacial score (nSPS) is 14.1. The Morgan fingerprint density at radius 1 is 1.16 bits per heavy atom. The van der Waals surface area contributed by atoms with Crippen molar-refractivity contribution in [3.05, 3.63) is 52.9 Å². The van der Waals surface area contributed by atoms with Crippen LogP contribution in [0.25, 0.3) is 11.8 Å². The third-order valence-electron chi connectivity index (χ3n) is 5.80. The second-order valence-electron chi connectivity index (χ2n) is 7.98. The van der Waals surface area contributed by atoms with Gasteiger partial charge in [-0.25, -0.2) is 0 Å². The predicted octanol–water partition coefficient (Wildman–Crippen LogP) is 3.53. The molecule has 2 heterocycles. The zero-order valence-electron chi connectivity index (χ0n) is 19.0. The summed E-state index contributed by atoms with van der Waals surface area (Å²) in [6.07, 6.45) is 5.08. The molecule has 0 unspecified atom stereocenters. The lowest BCUT2D eigenvalue weighted by Gasteiger charge is -2.26. The van der Waals surface area contributed by atoms with Crippen LogP contribution in [0, 0.1) is 25.2 Å². The zero-order valence-corrected chi connectivity index (χ0v) is 19.0. The highest BCUT2D eigenvalue weighted by Gasteiger charge is 2.17. The molecule has 168 valence electrons. The average molecular weight is 435 g/mol. The molecule has 0 aliphatic carbocycles. The zero-order chi connectivity index (χ0) is 23.1. The number of piperidine rings is 1. The van der Waals surface area contributed by atoms with E-state index in [1.165, 1.54) is 0 Å². The quantitative estimate of drug-likeness (QED) is 0.533. The van der Waals surface area contributed by atoms with E-state index in [2.05, 4.69) is 9.88 Å². The second-order valence-corrected chi connectivity index (χ2v) is 7.98. The third-order valence-corrected chi connectivity index (χ3v) is 5.80. The number of nitrogens with one attached hydrogen (secondary N) is 1. The summed E-state index contributed by atoms with van der Waals surface area (Å²) in [4.78, 5) is 26.6. The Hall–Kier alpha value is -3.53. The Labute approximate surface area is 189 Å². The minimum absolute atomic E-state index is 0.0189. The first kappa shape index (κ1) is 23.1. The van der Waals surface area contributed by atoms with Crippen molar-refractivity contribution in [3.8, 4) is 17.5 Å². The van der Waals surface area contributed by atoms with Crippen molar-refractivity contribution in [2.24, 2.45) is 0 Å². The number of benzene rings is 1. The number of hydrogen-bond acceptors (Lipinski definition) is 4. The van der Waals surface area contributed by atoms with Crippen LogP contribution >= 0.6 is 0 Å². The number of nitriles is 1. The average Bonchev–Trinajstić information content (AvgIpc) is 3.10. The molecule has 1 aromatic carbocycles. The van der Waals surface area contributed by atoms with E-state index in [1.54, 1.807) is 13.2 Å². The number of nitrogens with zero attached hydrogens (tertiary/aromatic N) is 3. The molecule has 0 bridgehead atoms. The van der Waals surface area contributed by atoms with Gasteiger partial charge in [0.2, 0.25) is 5.91 Å². The second kappa shape index (κ2) is 10.7. The summed E-state index contributed by atoms with van der Waals surface area (Å²) in [6, 6.07) is 11.6. The number of carbonyl (C=O) groups is 2. The first-order valence-corrected chi connectivity index (χ1v) is 11.0. The van der Waals surface area contributed by atoms with Crippen LogP contribution in [-0.2, 0) is 9.59 Å². The molecule has 1 aliphatic rings. The summed E-state index contributed by atoms with van der Waals surface area (Å²) >= 11 is 0. The fourth-order valence-electron chi connectivity index (χ4n) is 4.05. The topological polar surface area (TPSA) is 87.4 Å². The van der Waals surface area contributed by atoms with Crippen LogP contribution in [0.4, 0.5) is 0 Å². The van der Waals surface area contributed by atoms with Gasteiger partial charge in [0.15, 0.2) is 0 Å². The summed E-state index contributed by atoms with van der Waals surface area (Å²) in [5.74, 6) is 0.363. The molecule has 2 aromatic rings. The van der Waals surface area contributed by atoms with Gasteiger partial charge in [-0.1, -0.05) is 0 Å². The molecule has 1 aromatic heterocycles. The fraction of sp³-hybridized carbons (Fsp3) is 0.400. The van der Waals surface area contributed by atoms with Crippen molar-refractivity contribution in [1.29, 1.82) is 5.26 Å². The van der Waals surface area contributed by atoms with Crippen LogP contribution in [0.15, 0.2) is 35.9 Å². The van der Waals surface area contributed by atoms with E-state index >= 15 is 0 Å². The number of hydrogen-bond donors (Lipinski definition) is 1. The molecule has 1 aliphatic heterocycles. The van der Waals surface area contributed by atoms with Crippen molar-refractivity contribution in [2.45, 2.75) is 39.5 Å². The number of ether oxygens (including phenoxy) is 1. The molecule has 3 rings (SSSR count). The minimum Gasteiger partial charge on any atom is -0.497 e. The van der Waals surface area contributed by atoms with E-state index in [0.717, 1.165) is 60.7 Å². The molecular formula is C25H30N4O3. The van der Waals surface area contributed by atoms with Gasteiger partial charge in [-0.15, -0.1) is 0 Å². The van der Waals surface area contributed by atoms with Crippen LogP contribution in [0.5, 0.6) is 5.75 Å². The SMILES string of the molecule is COc1ccc(-n2c(C)cc(/C=C(/C#N)C(=O)NCCC(=O)N3CCCCC3)c2C)cc1. The summed E-state index contributed by atoms with van der Waals surface area (Å²) in [5.41, 5.74) is 3.71. The lowest BCUT2D eigenvalue weighted by Crippen LogP contribution is -2.38. The van der Waals surface area contributed by atoms with Gasteiger partial charge in [0.25, 0.3) is 5.91 Å². The first-order chi connectivity index (χ1) is 15.4. The van der Waals surface area contributed by atoms with Crippen molar-refractivity contribution in [2.75, 3.05) is 26.7 Å². The fourth-order valence-corrected chi connectivity index (χ4v) is 4.05. The predicted molar refractivity (Wildman–Crippen MR) is 123 cm³/mol. The summed E-state index contributed by atoms with van der Waals surface area (Å²) in [6.45, 7) is 5.73. The van der Waals surface area contributed by atoms with Gasteiger partial charge in [-0.2, -0.15) is 5.26 Å².